The van der Waals surface area contributed by atoms with E-state index in [4.69, 9.17) is 0 Å². The zero-order chi connectivity index (χ0) is 23.4. The zero-order valence-electron chi connectivity index (χ0n) is 19.4. The molecule has 2 aromatic rings. The van der Waals surface area contributed by atoms with Crippen LogP contribution in [0.3, 0.4) is 0 Å². The van der Waals surface area contributed by atoms with Gasteiger partial charge < -0.3 is 10.0 Å². The Labute approximate surface area is 204 Å². The van der Waals surface area contributed by atoms with Crippen molar-refractivity contribution >= 4 is 33.2 Å². The first-order valence-electron chi connectivity index (χ1n) is 11.3. The molecular weight excluding hydrogens is 486 g/mol. The highest BCUT2D eigenvalue weighted by molar-refractivity contribution is 9.10. The molecule has 1 N–H and O–H groups in total. The number of hydrogen-bond acceptors (Lipinski definition) is 5. The van der Waals surface area contributed by atoms with Gasteiger partial charge in [0.05, 0.1) is 6.04 Å². The van der Waals surface area contributed by atoms with Crippen molar-refractivity contribution in [1.29, 1.82) is 0 Å². The summed E-state index contributed by atoms with van der Waals surface area (Å²) in [4.78, 5) is 21.7. The first kappa shape index (κ1) is 25.0. The second-order valence-electron chi connectivity index (χ2n) is 8.44. The summed E-state index contributed by atoms with van der Waals surface area (Å²) >= 11 is 5.21. The fourth-order valence-electron chi connectivity index (χ4n) is 4.54. The van der Waals surface area contributed by atoms with Gasteiger partial charge in [-0.1, -0.05) is 18.2 Å². The predicted octanol–water partition coefficient (Wildman–Crippen LogP) is 5.37. The van der Waals surface area contributed by atoms with Crippen molar-refractivity contribution in [2.45, 2.75) is 45.8 Å². The smallest absolute Gasteiger partial charge is 0.265 e. The van der Waals surface area contributed by atoms with Crippen LogP contribution < -0.4 is 0 Å². The number of phenolic OH excluding ortho intramolecular Hbond substituents is 1. The molecular formula is C25H34BrN3O2S. The summed E-state index contributed by atoms with van der Waals surface area (Å²) < 4.78 is 0.838. The van der Waals surface area contributed by atoms with Crippen molar-refractivity contribution < 1.29 is 9.90 Å². The van der Waals surface area contributed by atoms with Crippen LogP contribution in [0.25, 0.3) is 0 Å². The normalized spacial score (nSPS) is 20.8. The first-order chi connectivity index (χ1) is 15.3. The third-order valence-electron chi connectivity index (χ3n) is 6.26. The quantitative estimate of drug-likeness (QED) is 0.476. The molecule has 1 aromatic carbocycles. The number of benzene rings is 1. The average molecular weight is 521 g/mol. The van der Waals surface area contributed by atoms with Gasteiger partial charge in [-0.15, -0.1) is 17.9 Å². The predicted molar refractivity (Wildman–Crippen MR) is 137 cm³/mol. The largest absolute Gasteiger partial charge is 0.508 e. The number of aromatic hydroxyl groups is 1. The highest BCUT2D eigenvalue weighted by Crippen LogP contribution is 2.40. The highest BCUT2D eigenvalue weighted by Gasteiger charge is 2.36. The summed E-state index contributed by atoms with van der Waals surface area (Å²) in [5, 5.41) is 10.2. The van der Waals surface area contributed by atoms with Gasteiger partial charge in [-0.05, 0) is 67.4 Å². The number of amides is 1. The molecule has 1 amide bonds. The molecule has 3 rings (SSSR count). The number of carbonyl (C=O) groups is 1. The van der Waals surface area contributed by atoms with E-state index in [1.165, 1.54) is 0 Å². The topological polar surface area (TPSA) is 47.0 Å². The van der Waals surface area contributed by atoms with Crippen LogP contribution in [0.5, 0.6) is 5.75 Å². The number of rotatable bonds is 8. The van der Waals surface area contributed by atoms with Crippen LogP contribution in [0, 0.1) is 0 Å². The maximum Gasteiger partial charge on any atom is 0.265 e. The van der Waals surface area contributed by atoms with Crippen LogP contribution in [-0.4, -0.2) is 70.5 Å². The molecule has 5 nitrogen and oxygen atoms in total. The Bertz CT molecular complexity index is 943. The Morgan fingerprint density at radius 1 is 1.28 bits per heavy atom. The number of thiophene rings is 1. The minimum absolute atomic E-state index is 0.0371. The van der Waals surface area contributed by atoms with Crippen molar-refractivity contribution in [3.8, 4) is 5.75 Å². The fraction of sp³-hybridized carbons (Fsp3) is 0.480. The molecule has 1 aliphatic heterocycles. The minimum Gasteiger partial charge on any atom is -0.508 e. The highest BCUT2D eigenvalue weighted by atomic mass is 79.9. The number of hydrogen-bond donors (Lipinski definition) is 1. The standard InChI is InChI=1S/C25H34BrN3O2S/c1-6-12-28-15-18(5)29(16-17(28)4)23(19-10-9-11-20(30)13-19)22-14-21(26)24(32-22)25(31)27(7-2)8-3/h6,9-11,13-14,17-18,23,30H,1,7-8,12,15-16H2,2-5H3/t17-,18+,23-/m1/s1. The van der Waals surface area contributed by atoms with Gasteiger partial charge in [0.1, 0.15) is 10.6 Å². The van der Waals surface area contributed by atoms with E-state index in [1.807, 2.05) is 37.0 Å². The Morgan fingerprint density at radius 2 is 2.00 bits per heavy atom. The van der Waals surface area contributed by atoms with E-state index < -0.39 is 0 Å². The molecule has 1 aromatic heterocycles. The van der Waals surface area contributed by atoms with Crippen LogP contribution in [0.4, 0.5) is 0 Å². The van der Waals surface area contributed by atoms with Gasteiger partial charge in [-0.2, -0.15) is 0 Å². The van der Waals surface area contributed by atoms with Crippen molar-refractivity contribution in [1.82, 2.24) is 14.7 Å². The molecule has 0 unspecified atom stereocenters. The lowest BCUT2D eigenvalue weighted by Crippen LogP contribution is -2.57. The van der Waals surface area contributed by atoms with Gasteiger partial charge in [-0.25, -0.2) is 0 Å². The van der Waals surface area contributed by atoms with E-state index in [2.05, 4.69) is 58.3 Å². The molecule has 2 heterocycles. The Morgan fingerprint density at radius 3 is 2.62 bits per heavy atom. The second kappa shape index (κ2) is 11.0. The van der Waals surface area contributed by atoms with Crippen molar-refractivity contribution in [2.75, 3.05) is 32.7 Å². The van der Waals surface area contributed by atoms with Crippen LogP contribution in [0.15, 0.2) is 47.5 Å². The molecule has 7 heteroatoms. The second-order valence-corrected chi connectivity index (χ2v) is 10.4. The van der Waals surface area contributed by atoms with Gasteiger partial charge in [0.15, 0.2) is 0 Å². The third kappa shape index (κ3) is 5.28. The van der Waals surface area contributed by atoms with E-state index in [0.29, 0.717) is 25.2 Å². The number of nitrogens with zero attached hydrogens (tertiary/aromatic N) is 3. The van der Waals surface area contributed by atoms with Crippen molar-refractivity contribution in [3.05, 3.63) is 62.8 Å². The van der Waals surface area contributed by atoms with E-state index >= 15 is 0 Å². The van der Waals surface area contributed by atoms with E-state index in [1.54, 1.807) is 17.4 Å². The van der Waals surface area contributed by atoms with E-state index in [-0.39, 0.29) is 17.7 Å². The molecule has 3 atom stereocenters. The summed E-state index contributed by atoms with van der Waals surface area (Å²) in [6, 6.07) is 10.2. The molecule has 174 valence electrons. The summed E-state index contributed by atoms with van der Waals surface area (Å²) in [5.41, 5.74) is 1.04. The number of carbonyl (C=O) groups excluding carboxylic acids is 1. The third-order valence-corrected chi connectivity index (χ3v) is 8.33. The van der Waals surface area contributed by atoms with E-state index in [9.17, 15) is 9.90 Å². The molecule has 0 saturated carbocycles. The molecule has 1 fully saturated rings. The lowest BCUT2D eigenvalue weighted by atomic mass is 9.98. The Balaban J connectivity index is 2.03. The molecule has 0 radical (unpaired) electrons. The van der Waals surface area contributed by atoms with Gasteiger partial charge in [0.2, 0.25) is 0 Å². The molecule has 1 aliphatic rings. The van der Waals surface area contributed by atoms with Gasteiger partial charge in [0.25, 0.3) is 5.91 Å². The summed E-state index contributed by atoms with van der Waals surface area (Å²) in [6.07, 6.45) is 1.97. The monoisotopic (exact) mass is 519 g/mol. The van der Waals surface area contributed by atoms with Crippen LogP contribution in [-0.2, 0) is 0 Å². The van der Waals surface area contributed by atoms with Crippen molar-refractivity contribution in [3.63, 3.8) is 0 Å². The lowest BCUT2D eigenvalue weighted by molar-refractivity contribution is 0.0314. The molecule has 1 saturated heterocycles. The molecule has 0 spiro atoms. The SMILES string of the molecule is C=CCN1C[C@H](C)N([C@H](c2cccc(O)c2)c2cc(Br)c(C(=O)N(CC)CC)s2)C[C@H]1C. The Hall–Kier alpha value is -1.67. The summed E-state index contributed by atoms with van der Waals surface area (Å²) in [5.74, 6) is 0.318. The zero-order valence-corrected chi connectivity index (χ0v) is 21.8. The van der Waals surface area contributed by atoms with Gasteiger partial charge in [-0.3, -0.25) is 14.6 Å². The maximum absolute atomic E-state index is 13.1. The first-order valence-corrected chi connectivity index (χ1v) is 12.9. The van der Waals surface area contributed by atoms with Gasteiger partial charge >= 0.3 is 0 Å². The van der Waals surface area contributed by atoms with Crippen molar-refractivity contribution in [2.24, 2.45) is 0 Å². The molecule has 32 heavy (non-hydrogen) atoms. The minimum atomic E-state index is -0.0371. The maximum atomic E-state index is 13.1. The molecule has 0 bridgehead atoms. The summed E-state index contributed by atoms with van der Waals surface area (Å²) in [6.45, 7) is 16.5. The van der Waals surface area contributed by atoms with Crippen LogP contribution in [0.2, 0.25) is 0 Å². The van der Waals surface area contributed by atoms with Crippen LogP contribution in [0.1, 0.15) is 53.8 Å². The number of piperazine rings is 1. The van der Waals surface area contributed by atoms with Crippen LogP contribution >= 0.6 is 27.3 Å². The van der Waals surface area contributed by atoms with E-state index in [0.717, 1.165) is 39.4 Å². The average Bonchev–Trinajstić information content (AvgIpc) is 3.13. The number of phenols is 1. The fourth-order valence-corrected chi connectivity index (χ4v) is 6.52. The van der Waals surface area contributed by atoms with Gasteiger partial charge in [0, 0.05) is 54.2 Å². The molecule has 0 aliphatic carbocycles. The number of halogens is 1. The lowest BCUT2D eigenvalue weighted by Gasteiger charge is -2.47. The summed E-state index contributed by atoms with van der Waals surface area (Å²) in [7, 11) is 0. The Kier molecular flexibility index (Phi) is 8.55.